The van der Waals surface area contributed by atoms with Crippen molar-refractivity contribution >= 4 is 11.8 Å². The predicted molar refractivity (Wildman–Crippen MR) is 317 cm³/mol. The number of hydrogen-bond donors (Lipinski definition) is 15. The average Bonchev–Trinajstić information content (AvgIpc) is 1.30. The minimum Gasteiger partial charge on any atom is -0.394 e. The lowest BCUT2D eigenvalue weighted by atomic mass is 9.94. The van der Waals surface area contributed by atoms with Crippen LogP contribution in [-0.4, -0.2) is 246 Å². The molecule has 4 saturated heterocycles. The molecule has 15 N–H and O–H groups in total. The summed E-state index contributed by atoms with van der Waals surface area (Å²) in [6, 6.07) is -2.63. The van der Waals surface area contributed by atoms with E-state index in [1.54, 1.807) is 6.08 Å². The van der Waals surface area contributed by atoms with Crippen LogP contribution in [0.2, 0.25) is 0 Å². The summed E-state index contributed by atoms with van der Waals surface area (Å²) in [6.45, 7) is 1.63. The molecule has 0 bridgehead atoms. The zero-order chi connectivity index (χ0) is 63.7. The van der Waals surface area contributed by atoms with Gasteiger partial charge >= 0.3 is 0 Å². The number of aliphatic hydroxyl groups excluding tert-OH is 13. The molecule has 4 rings (SSSR count). The number of allylic oxidation sites excluding steroid dienone is 1. The number of carbonyl (C=O) groups excluding carboxylic acids is 2. The van der Waals surface area contributed by atoms with Crippen molar-refractivity contribution in [2.75, 3.05) is 33.0 Å². The van der Waals surface area contributed by atoms with E-state index in [0.717, 1.165) is 51.9 Å². The minimum atomic E-state index is -2.08. The Morgan fingerprint density at radius 3 is 1.26 bits per heavy atom. The van der Waals surface area contributed by atoms with Gasteiger partial charge in [0.15, 0.2) is 25.2 Å². The van der Waals surface area contributed by atoms with E-state index in [1.807, 2.05) is 6.08 Å². The number of amides is 2. The van der Waals surface area contributed by atoms with Crippen molar-refractivity contribution in [2.24, 2.45) is 0 Å². The first-order valence-electron chi connectivity index (χ1n) is 32.9. The van der Waals surface area contributed by atoms with Gasteiger partial charge in [-0.25, -0.2) is 0 Å². The first-order valence-corrected chi connectivity index (χ1v) is 32.9. The zero-order valence-corrected chi connectivity index (χ0v) is 52.1. The van der Waals surface area contributed by atoms with Gasteiger partial charge in [0.05, 0.1) is 45.2 Å². The van der Waals surface area contributed by atoms with E-state index in [1.165, 1.54) is 116 Å². The number of hydrogen-bond acceptors (Lipinski definition) is 23. The Morgan fingerprint density at radius 2 is 0.816 bits per heavy atom. The highest BCUT2D eigenvalue weighted by Crippen LogP contribution is 2.35. The zero-order valence-electron chi connectivity index (χ0n) is 52.1. The van der Waals surface area contributed by atoms with Crippen LogP contribution in [0.25, 0.3) is 0 Å². The van der Waals surface area contributed by atoms with Crippen LogP contribution in [0.4, 0.5) is 0 Å². The van der Waals surface area contributed by atoms with Crippen LogP contribution in [0.15, 0.2) is 12.2 Å². The van der Waals surface area contributed by atoms with Crippen LogP contribution in [0.3, 0.4) is 0 Å². The molecule has 4 aliphatic rings. The van der Waals surface area contributed by atoms with Gasteiger partial charge in [-0.2, -0.15) is 0 Å². The van der Waals surface area contributed by atoms with E-state index in [9.17, 15) is 76.0 Å². The molecule has 0 aromatic carbocycles. The van der Waals surface area contributed by atoms with Crippen molar-refractivity contribution in [3.8, 4) is 0 Å². The Bertz CT molecular complexity index is 1830. The third-order valence-corrected chi connectivity index (χ3v) is 17.1. The van der Waals surface area contributed by atoms with Gasteiger partial charge in [0.25, 0.3) is 0 Å². The lowest BCUT2D eigenvalue weighted by Gasteiger charge is -2.50. The Labute approximate surface area is 515 Å². The maximum Gasteiger partial charge on any atom is 0.220 e. The van der Waals surface area contributed by atoms with E-state index in [4.69, 9.17) is 37.9 Å². The van der Waals surface area contributed by atoms with Gasteiger partial charge in [-0.3, -0.25) is 9.59 Å². The maximum absolute atomic E-state index is 13.4. The molecule has 510 valence electrons. The summed E-state index contributed by atoms with van der Waals surface area (Å²) in [4.78, 5) is 25.8. The summed E-state index contributed by atoms with van der Waals surface area (Å²) < 4.78 is 46.6. The van der Waals surface area contributed by atoms with E-state index in [2.05, 4.69) is 24.5 Å². The second-order valence-electron chi connectivity index (χ2n) is 24.3. The Morgan fingerprint density at radius 1 is 0.448 bits per heavy atom. The lowest BCUT2D eigenvalue weighted by Crippen LogP contribution is -2.69. The summed E-state index contributed by atoms with van der Waals surface area (Å²) in [6.07, 6.45) is 0.419. The van der Waals surface area contributed by atoms with Crippen molar-refractivity contribution in [1.82, 2.24) is 10.6 Å². The summed E-state index contributed by atoms with van der Waals surface area (Å²) in [5.41, 5.74) is 0. The van der Waals surface area contributed by atoms with Gasteiger partial charge in [-0.15, -0.1) is 0 Å². The Balaban J connectivity index is 1.34. The summed E-state index contributed by atoms with van der Waals surface area (Å²) >= 11 is 0. The standard InChI is InChI=1S/C62H114N2O23/c1-4-6-8-10-12-14-16-18-19-21-23-25-27-29-31-33-46(71)64-40(41(70)32-30-28-26-24-22-20-17-15-13-11-9-7-5-2)38-80-60-54(78)51(75)58(44(36-67)83-60)87-62-55(79)52(76)57(45(37-68)84-62)85-59-47(63-39(3)69)49(73)56(43(35-66)82-59)86-61-53(77)50(74)48(72)42(34-65)81-61/h30,32,40-45,47-62,65-68,70,72-79H,4-29,31,33-38H2,1-3H3,(H,63,69)(H,64,71). The van der Waals surface area contributed by atoms with Gasteiger partial charge in [0.1, 0.15) is 97.6 Å². The molecule has 0 radical (unpaired) electrons. The molecule has 0 aliphatic carbocycles. The minimum absolute atomic E-state index is 0.219. The fourth-order valence-electron chi connectivity index (χ4n) is 11.7. The summed E-state index contributed by atoms with van der Waals surface area (Å²) in [5.74, 6) is -1.05. The van der Waals surface area contributed by atoms with Crippen molar-refractivity contribution in [2.45, 2.75) is 335 Å². The normalized spacial score (nSPS) is 33.8. The molecule has 4 heterocycles. The van der Waals surface area contributed by atoms with E-state index in [0.29, 0.717) is 12.8 Å². The molecule has 0 aromatic heterocycles. The number of unbranched alkanes of at least 4 members (excludes halogenated alkanes) is 25. The SMILES string of the molecule is CCCCCCCCCCCCCC=CC(O)C(COC1OC(CO)C(OC2OC(CO)C(OC3OC(CO)C(OC4OC(CO)C(O)C(O)C4O)C(O)C3NC(C)=O)C(O)C2O)C(O)C1O)NC(=O)CCCCCCCCCCCCCCCCC. The third kappa shape index (κ3) is 26.0. The molecule has 2 amide bonds. The van der Waals surface area contributed by atoms with E-state index < -0.39 is 174 Å². The van der Waals surface area contributed by atoms with Crippen molar-refractivity contribution < 1.29 is 114 Å². The molecule has 25 heteroatoms. The fraction of sp³-hybridized carbons (Fsp3) is 0.935. The van der Waals surface area contributed by atoms with E-state index >= 15 is 0 Å². The van der Waals surface area contributed by atoms with Crippen LogP contribution in [0, 0.1) is 0 Å². The molecule has 25 nitrogen and oxygen atoms in total. The molecule has 0 saturated carbocycles. The third-order valence-electron chi connectivity index (χ3n) is 17.1. The molecule has 4 aliphatic heterocycles. The molecule has 0 aromatic rings. The van der Waals surface area contributed by atoms with Crippen molar-refractivity contribution in [1.29, 1.82) is 0 Å². The van der Waals surface area contributed by atoms with Gasteiger partial charge in [0, 0.05) is 13.3 Å². The highest BCUT2D eigenvalue weighted by molar-refractivity contribution is 5.76. The number of carbonyl (C=O) groups is 2. The topological polar surface area (TPSA) is 395 Å². The quantitative estimate of drug-likeness (QED) is 0.0305. The monoisotopic (exact) mass is 1250 g/mol. The number of nitrogens with one attached hydrogen (secondary N) is 2. The van der Waals surface area contributed by atoms with Crippen LogP contribution in [-0.2, 0) is 47.5 Å². The molecular formula is C62H114N2O23. The molecule has 4 fully saturated rings. The van der Waals surface area contributed by atoms with Crippen LogP contribution in [0.1, 0.15) is 201 Å². The second kappa shape index (κ2) is 43.6. The first kappa shape index (κ1) is 77.3. The van der Waals surface area contributed by atoms with Gasteiger partial charge < -0.3 is 115 Å². The molecule has 0 spiro atoms. The highest BCUT2D eigenvalue weighted by Gasteiger charge is 2.56. The number of aliphatic hydroxyl groups is 13. The average molecular weight is 1260 g/mol. The second-order valence-corrected chi connectivity index (χ2v) is 24.3. The molecule has 87 heavy (non-hydrogen) atoms. The smallest absolute Gasteiger partial charge is 0.220 e. The van der Waals surface area contributed by atoms with Crippen molar-refractivity contribution in [3.63, 3.8) is 0 Å². The summed E-state index contributed by atoms with van der Waals surface area (Å²) in [5, 5.41) is 146. The molecule has 22 unspecified atom stereocenters. The maximum atomic E-state index is 13.4. The first-order chi connectivity index (χ1) is 42.0. The van der Waals surface area contributed by atoms with Gasteiger partial charge in [-0.1, -0.05) is 180 Å². The van der Waals surface area contributed by atoms with E-state index in [-0.39, 0.29) is 12.3 Å². The predicted octanol–water partition coefficient (Wildman–Crippen LogP) is 1.78. The highest BCUT2D eigenvalue weighted by atomic mass is 16.8. The number of ether oxygens (including phenoxy) is 8. The fourth-order valence-corrected chi connectivity index (χ4v) is 11.7. The largest absolute Gasteiger partial charge is 0.394 e. The van der Waals surface area contributed by atoms with Crippen LogP contribution >= 0.6 is 0 Å². The lowest BCUT2D eigenvalue weighted by molar-refractivity contribution is -0.380. The van der Waals surface area contributed by atoms with Gasteiger partial charge in [0.2, 0.25) is 11.8 Å². The Hall–Kier alpha value is -2.16. The van der Waals surface area contributed by atoms with Crippen LogP contribution < -0.4 is 10.6 Å². The van der Waals surface area contributed by atoms with Crippen molar-refractivity contribution in [3.05, 3.63) is 12.2 Å². The summed E-state index contributed by atoms with van der Waals surface area (Å²) in [7, 11) is 0. The van der Waals surface area contributed by atoms with Crippen LogP contribution in [0.5, 0.6) is 0 Å². The number of rotatable bonds is 45. The Kier molecular flexibility index (Phi) is 38.8. The molecular weight excluding hydrogens is 1140 g/mol. The molecule has 22 atom stereocenters. The van der Waals surface area contributed by atoms with Gasteiger partial charge in [-0.05, 0) is 19.3 Å².